The van der Waals surface area contributed by atoms with E-state index in [0.29, 0.717) is 13.0 Å². The number of thioether (sulfide) groups is 1. The van der Waals surface area contributed by atoms with E-state index in [-0.39, 0.29) is 29.3 Å². The first-order chi connectivity index (χ1) is 10.9. The Morgan fingerprint density at radius 3 is 2.54 bits per heavy atom. The second-order valence-electron chi connectivity index (χ2n) is 5.64. The van der Waals surface area contributed by atoms with Gasteiger partial charge in [-0.2, -0.15) is 11.8 Å². The van der Waals surface area contributed by atoms with Crippen molar-refractivity contribution in [2.45, 2.75) is 23.9 Å². The van der Waals surface area contributed by atoms with Gasteiger partial charge in [-0.3, -0.25) is 4.79 Å². The van der Waals surface area contributed by atoms with Crippen molar-refractivity contribution in [1.82, 2.24) is 14.9 Å². The number of nitrogens with zero attached hydrogens (tertiary/aromatic N) is 1. The molecule has 0 spiro atoms. The summed E-state index contributed by atoms with van der Waals surface area (Å²) in [5.74, 6) is 2.07. The Morgan fingerprint density at radius 1 is 1.33 bits per heavy atom. The average molecular weight is 394 g/mol. The maximum absolute atomic E-state index is 12.0. The number of sulfonamides is 1. The Labute approximate surface area is 154 Å². The van der Waals surface area contributed by atoms with Gasteiger partial charge in [0, 0.05) is 51.2 Å². The van der Waals surface area contributed by atoms with Gasteiger partial charge in [-0.25, -0.2) is 12.7 Å². The van der Waals surface area contributed by atoms with Gasteiger partial charge in [0.05, 0.1) is 4.90 Å². The first-order valence-corrected chi connectivity index (χ1v) is 10.1. The van der Waals surface area contributed by atoms with Crippen molar-refractivity contribution in [2.75, 3.05) is 32.1 Å². The predicted molar refractivity (Wildman–Crippen MR) is 100 cm³/mol. The maximum atomic E-state index is 12.0. The highest BCUT2D eigenvalue weighted by atomic mass is 35.5. The molecule has 1 atom stereocenters. The van der Waals surface area contributed by atoms with E-state index in [0.717, 1.165) is 23.6 Å². The second kappa shape index (κ2) is 9.62. The molecule has 0 radical (unpaired) electrons. The van der Waals surface area contributed by atoms with Crippen LogP contribution in [0.3, 0.4) is 0 Å². The lowest BCUT2D eigenvalue weighted by atomic mass is 10.2. The zero-order valence-corrected chi connectivity index (χ0v) is 16.3. The summed E-state index contributed by atoms with van der Waals surface area (Å²) in [5, 5.41) is 6.21. The number of carbonyl (C=O) groups excluding carboxylic acids is 1. The molecule has 1 heterocycles. The molecule has 0 aliphatic carbocycles. The van der Waals surface area contributed by atoms with Gasteiger partial charge < -0.3 is 10.6 Å². The van der Waals surface area contributed by atoms with E-state index in [1.807, 2.05) is 11.8 Å². The van der Waals surface area contributed by atoms with Crippen LogP contribution in [0.25, 0.3) is 0 Å². The Morgan fingerprint density at radius 2 is 2.00 bits per heavy atom. The van der Waals surface area contributed by atoms with Gasteiger partial charge in [0.25, 0.3) is 0 Å². The average Bonchev–Trinajstić information content (AvgIpc) is 2.54. The number of rotatable bonds is 6. The summed E-state index contributed by atoms with van der Waals surface area (Å²) in [6.07, 6.45) is 0.472. The van der Waals surface area contributed by atoms with E-state index in [1.165, 1.54) is 18.4 Å². The molecule has 0 saturated carbocycles. The molecule has 9 heteroatoms. The van der Waals surface area contributed by atoms with E-state index >= 15 is 0 Å². The fourth-order valence-corrected chi connectivity index (χ4v) is 4.09. The molecule has 1 aromatic carbocycles. The van der Waals surface area contributed by atoms with E-state index in [1.54, 1.807) is 24.3 Å². The van der Waals surface area contributed by atoms with Crippen LogP contribution in [0.15, 0.2) is 29.2 Å². The molecular formula is C15H24ClN3O3S2. The molecule has 24 heavy (non-hydrogen) atoms. The van der Waals surface area contributed by atoms with Crippen LogP contribution in [0.1, 0.15) is 12.0 Å². The zero-order valence-electron chi connectivity index (χ0n) is 13.8. The van der Waals surface area contributed by atoms with E-state index in [9.17, 15) is 13.2 Å². The molecular weight excluding hydrogens is 370 g/mol. The number of hydrogen-bond acceptors (Lipinski definition) is 5. The van der Waals surface area contributed by atoms with Gasteiger partial charge in [-0.15, -0.1) is 12.4 Å². The van der Waals surface area contributed by atoms with Crippen LogP contribution < -0.4 is 10.6 Å². The number of benzene rings is 1. The van der Waals surface area contributed by atoms with Crippen molar-refractivity contribution < 1.29 is 13.2 Å². The molecule has 6 nitrogen and oxygen atoms in total. The van der Waals surface area contributed by atoms with Gasteiger partial charge in [-0.05, 0) is 17.7 Å². The summed E-state index contributed by atoms with van der Waals surface area (Å²) in [6, 6.07) is 6.82. The van der Waals surface area contributed by atoms with Gasteiger partial charge in [0.1, 0.15) is 0 Å². The van der Waals surface area contributed by atoms with Crippen molar-refractivity contribution in [2.24, 2.45) is 0 Å². The fraction of sp³-hybridized carbons (Fsp3) is 0.533. The normalized spacial score (nSPS) is 18.0. The van der Waals surface area contributed by atoms with Crippen LogP contribution in [0, 0.1) is 0 Å². The van der Waals surface area contributed by atoms with E-state index in [2.05, 4.69) is 10.6 Å². The standard InChI is InChI=1S/C15H23N3O3S2.ClH/c1-18(2)23(20,21)14-5-3-12(4-6-14)10-17-15(19)9-13-11-22-8-7-16-13;/h3-6,13,16H,7-11H2,1-2H3,(H,17,19);1H. The number of amides is 1. The minimum Gasteiger partial charge on any atom is -0.352 e. The number of halogens is 1. The molecule has 1 aliphatic rings. The highest BCUT2D eigenvalue weighted by Crippen LogP contribution is 2.14. The first-order valence-electron chi connectivity index (χ1n) is 7.49. The summed E-state index contributed by atoms with van der Waals surface area (Å²) in [7, 11) is -0.407. The van der Waals surface area contributed by atoms with Gasteiger partial charge in [0.2, 0.25) is 15.9 Å². The minimum absolute atomic E-state index is 0. The second-order valence-corrected chi connectivity index (χ2v) is 8.94. The van der Waals surface area contributed by atoms with Crippen molar-refractivity contribution in [3.05, 3.63) is 29.8 Å². The first kappa shape index (κ1) is 21.2. The molecule has 136 valence electrons. The molecule has 1 unspecified atom stereocenters. The van der Waals surface area contributed by atoms with Crippen LogP contribution in [0.2, 0.25) is 0 Å². The quantitative estimate of drug-likeness (QED) is 0.755. The lowest BCUT2D eigenvalue weighted by molar-refractivity contribution is -0.121. The monoisotopic (exact) mass is 393 g/mol. The summed E-state index contributed by atoms with van der Waals surface area (Å²) < 4.78 is 25.1. The van der Waals surface area contributed by atoms with Gasteiger partial charge in [0.15, 0.2) is 0 Å². The Hall–Kier alpha value is -0.800. The van der Waals surface area contributed by atoms with E-state index < -0.39 is 10.0 Å². The van der Waals surface area contributed by atoms with Crippen LogP contribution in [0.5, 0.6) is 0 Å². The third-order valence-electron chi connectivity index (χ3n) is 3.62. The summed E-state index contributed by atoms with van der Waals surface area (Å²) in [5.41, 5.74) is 0.877. The van der Waals surface area contributed by atoms with Crippen molar-refractivity contribution in [3.8, 4) is 0 Å². The number of nitrogens with one attached hydrogen (secondary N) is 2. The molecule has 1 aromatic rings. The molecule has 2 N–H and O–H groups in total. The molecule has 0 aromatic heterocycles. The van der Waals surface area contributed by atoms with Gasteiger partial charge >= 0.3 is 0 Å². The molecule has 0 bridgehead atoms. The SMILES string of the molecule is CN(C)S(=O)(=O)c1ccc(CNC(=O)CC2CSCCN2)cc1.Cl. The predicted octanol–water partition coefficient (Wildman–Crippen LogP) is 1.07. The molecule has 1 amide bonds. The van der Waals surface area contributed by atoms with Crippen LogP contribution >= 0.6 is 24.2 Å². The van der Waals surface area contributed by atoms with E-state index in [4.69, 9.17) is 0 Å². The number of hydrogen-bond donors (Lipinski definition) is 2. The minimum atomic E-state index is -3.41. The lowest BCUT2D eigenvalue weighted by Crippen LogP contribution is -2.41. The van der Waals surface area contributed by atoms with Crippen LogP contribution in [-0.2, 0) is 21.4 Å². The fourth-order valence-electron chi connectivity index (χ4n) is 2.24. The Kier molecular flexibility index (Phi) is 8.52. The summed E-state index contributed by atoms with van der Waals surface area (Å²) >= 11 is 1.86. The zero-order chi connectivity index (χ0) is 16.9. The van der Waals surface area contributed by atoms with Crippen molar-refractivity contribution in [1.29, 1.82) is 0 Å². The topological polar surface area (TPSA) is 78.5 Å². The summed E-state index contributed by atoms with van der Waals surface area (Å²) in [4.78, 5) is 12.2. The molecule has 1 aliphatic heterocycles. The highest BCUT2D eigenvalue weighted by Gasteiger charge is 2.18. The smallest absolute Gasteiger partial charge is 0.242 e. The highest BCUT2D eigenvalue weighted by molar-refractivity contribution is 7.99. The van der Waals surface area contributed by atoms with Gasteiger partial charge in [-0.1, -0.05) is 12.1 Å². The molecule has 1 saturated heterocycles. The van der Waals surface area contributed by atoms with Crippen LogP contribution in [-0.4, -0.2) is 56.8 Å². The number of carbonyl (C=O) groups is 1. The summed E-state index contributed by atoms with van der Waals surface area (Å²) in [6.45, 7) is 1.35. The lowest BCUT2D eigenvalue weighted by Gasteiger charge is -2.22. The molecule has 1 fully saturated rings. The largest absolute Gasteiger partial charge is 0.352 e. The van der Waals surface area contributed by atoms with Crippen LogP contribution in [0.4, 0.5) is 0 Å². The Balaban J connectivity index is 0.00000288. The third-order valence-corrected chi connectivity index (χ3v) is 6.58. The van der Waals surface area contributed by atoms with Crippen molar-refractivity contribution >= 4 is 40.1 Å². The third kappa shape index (κ3) is 5.93. The molecule has 2 rings (SSSR count). The van der Waals surface area contributed by atoms with Crippen molar-refractivity contribution in [3.63, 3.8) is 0 Å². The Bertz CT molecular complexity index is 630. The maximum Gasteiger partial charge on any atom is 0.242 e.